The fraction of sp³-hybridized carbons (Fsp3) is 0.625. The van der Waals surface area contributed by atoms with E-state index in [1.165, 1.54) is 24.8 Å². The molecule has 1 saturated carbocycles. The van der Waals surface area contributed by atoms with Crippen molar-refractivity contribution in [2.75, 3.05) is 13.6 Å². The Labute approximate surface area is 110 Å². The van der Waals surface area contributed by atoms with Crippen molar-refractivity contribution in [2.45, 2.75) is 44.8 Å². The van der Waals surface area contributed by atoms with Crippen molar-refractivity contribution in [3.05, 3.63) is 34.9 Å². The minimum absolute atomic E-state index is 0.0246. The van der Waals surface area contributed by atoms with Crippen molar-refractivity contribution < 1.29 is 5.11 Å². The molecule has 3 rings (SSSR count). The van der Waals surface area contributed by atoms with Crippen LogP contribution in [-0.2, 0) is 19.4 Å². The Morgan fingerprint density at radius 2 is 2.00 bits per heavy atom. The summed E-state index contributed by atoms with van der Waals surface area (Å²) in [6.45, 7) is 2.16. The Morgan fingerprint density at radius 3 is 2.78 bits per heavy atom. The summed E-state index contributed by atoms with van der Waals surface area (Å²) in [5, 5.41) is 9.31. The molecule has 0 aliphatic heterocycles. The number of nitrogens with zero attached hydrogens (tertiary/aromatic N) is 1. The van der Waals surface area contributed by atoms with Gasteiger partial charge in [0.1, 0.15) is 0 Å². The Balaban J connectivity index is 1.55. The van der Waals surface area contributed by atoms with E-state index in [-0.39, 0.29) is 6.10 Å². The normalized spacial score (nSPS) is 26.2. The van der Waals surface area contributed by atoms with Crippen LogP contribution in [0.4, 0.5) is 0 Å². The number of fused-ring (bicyclic) bond motifs is 1. The third-order valence-corrected chi connectivity index (χ3v) is 4.40. The minimum Gasteiger partial charge on any atom is -0.393 e. The molecule has 1 aromatic carbocycles. The highest BCUT2D eigenvalue weighted by molar-refractivity contribution is 5.35. The molecule has 18 heavy (non-hydrogen) atoms. The van der Waals surface area contributed by atoms with Crippen molar-refractivity contribution in [1.82, 2.24) is 4.90 Å². The van der Waals surface area contributed by atoms with Crippen molar-refractivity contribution >= 4 is 0 Å². The van der Waals surface area contributed by atoms with E-state index < -0.39 is 0 Å². The van der Waals surface area contributed by atoms with Crippen molar-refractivity contribution in [3.8, 4) is 0 Å². The van der Waals surface area contributed by atoms with Crippen LogP contribution in [0.25, 0.3) is 0 Å². The van der Waals surface area contributed by atoms with Crippen molar-refractivity contribution in [1.29, 1.82) is 0 Å². The van der Waals surface area contributed by atoms with Crippen molar-refractivity contribution in [2.24, 2.45) is 5.92 Å². The topological polar surface area (TPSA) is 23.5 Å². The highest BCUT2D eigenvalue weighted by atomic mass is 16.3. The molecule has 0 radical (unpaired) electrons. The molecule has 0 unspecified atom stereocenters. The van der Waals surface area contributed by atoms with Gasteiger partial charge in [0.25, 0.3) is 0 Å². The van der Waals surface area contributed by atoms with Crippen LogP contribution < -0.4 is 0 Å². The van der Waals surface area contributed by atoms with E-state index in [2.05, 4.69) is 30.1 Å². The number of aliphatic hydroxyl groups is 1. The summed E-state index contributed by atoms with van der Waals surface area (Å²) in [7, 11) is 2.19. The van der Waals surface area contributed by atoms with Gasteiger partial charge in [-0.1, -0.05) is 18.2 Å². The number of hydrogen-bond acceptors (Lipinski definition) is 2. The highest BCUT2D eigenvalue weighted by Gasteiger charge is 2.27. The second-order valence-electron chi connectivity index (χ2n) is 6.14. The zero-order valence-corrected chi connectivity index (χ0v) is 11.2. The third-order valence-electron chi connectivity index (χ3n) is 4.40. The van der Waals surface area contributed by atoms with Crippen LogP contribution in [0.5, 0.6) is 0 Å². The van der Waals surface area contributed by atoms with Crippen LogP contribution in [0.3, 0.4) is 0 Å². The summed E-state index contributed by atoms with van der Waals surface area (Å²) in [6, 6.07) is 7.00. The number of benzene rings is 1. The van der Waals surface area contributed by atoms with Crippen LogP contribution in [0.1, 0.15) is 36.0 Å². The lowest BCUT2D eigenvalue weighted by molar-refractivity contribution is 0.0274. The van der Waals surface area contributed by atoms with E-state index >= 15 is 0 Å². The zero-order valence-electron chi connectivity index (χ0n) is 11.2. The fourth-order valence-electron chi connectivity index (χ4n) is 3.39. The standard InChI is InChI=1S/C16H23NO/c1-17(11-13-8-16(18)9-13)10-12-5-6-14-3-2-4-15(14)7-12/h5-7,13,16,18H,2-4,8-11H2,1H3. The zero-order chi connectivity index (χ0) is 12.5. The van der Waals surface area contributed by atoms with Crippen LogP contribution in [-0.4, -0.2) is 29.7 Å². The molecule has 98 valence electrons. The van der Waals surface area contributed by atoms with E-state index in [1.807, 2.05) is 0 Å². The molecule has 1 N–H and O–H groups in total. The Hall–Kier alpha value is -0.860. The molecule has 0 bridgehead atoms. The fourth-order valence-corrected chi connectivity index (χ4v) is 3.39. The molecule has 0 aromatic heterocycles. The lowest BCUT2D eigenvalue weighted by atomic mass is 9.82. The second kappa shape index (κ2) is 5.02. The van der Waals surface area contributed by atoms with Gasteiger partial charge >= 0.3 is 0 Å². The largest absolute Gasteiger partial charge is 0.393 e. The second-order valence-corrected chi connectivity index (χ2v) is 6.14. The average Bonchev–Trinajstić information content (AvgIpc) is 2.74. The van der Waals surface area contributed by atoms with Gasteiger partial charge in [0, 0.05) is 13.1 Å². The quantitative estimate of drug-likeness (QED) is 0.880. The van der Waals surface area contributed by atoms with E-state index in [0.717, 1.165) is 25.9 Å². The van der Waals surface area contributed by atoms with E-state index in [4.69, 9.17) is 0 Å². The summed E-state index contributed by atoms with van der Waals surface area (Å²) in [5.41, 5.74) is 4.57. The minimum atomic E-state index is -0.0246. The summed E-state index contributed by atoms with van der Waals surface area (Å²) in [5.74, 6) is 0.708. The number of rotatable bonds is 4. The maximum atomic E-state index is 9.31. The molecule has 2 heteroatoms. The van der Waals surface area contributed by atoms with Crippen LogP contribution in [0.2, 0.25) is 0 Å². The summed E-state index contributed by atoms with van der Waals surface area (Å²) < 4.78 is 0. The van der Waals surface area contributed by atoms with Gasteiger partial charge in [0.15, 0.2) is 0 Å². The first-order valence-corrected chi connectivity index (χ1v) is 7.18. The number of aliphatic hydroxyl groups excluding tert-OH is 1. The molecular formula is C16H23NO. The third kappa shape index (κ3) is 2.60. The molecule has 0 atom stereocenters. The molecule has 2 nitrogen and oxygen atoms in total. The molecular weight excluding hydrogens is 222 g/mol. The van der Waals surface area contributed by atoms with E-state index in [0.29, 0.717) is 5.92 Å². The first-order chi connectivity index (χ1) is 8.70. The predicted octanol–water partition coefficient (Wildman–Crippen LogP) is 2.38. The summed E-state index contributed by atoms with van der Waals surface area (Å²) >= 11 is 0. The van der Waals surface area contributed by atoms with Gasteiger partial charge in [0.05, 0.1) is 6.10 Å². The van der Waals surface area contributed by atoms with Gasteiger partial charge in [-0.25, -0.2) is 0 Å². The van der Waals surface area contributed by atoms with Crippen molar-refractivity contribution in [3.63, 3.8) is 0 Å². The molecule has 0 amide bonds. The lowest BCUT2D eigenvalue weighted by Gasteiger charge is -2.34. The Kier molecular flexibility index (Phi) is 3.40. The smallest absolute Gasteiger partial charge is 0.0546 e. The maximum absolute atomic E-state index is 9.31. The van der Waals surface area contributed by atoms with Gasteiger partial charge in [-0.2, -0.15) is 0 Å². The van der Waals surface area contributed by atoms with Gasteiger partial charge in [-0.15, -0.1) is 0 Å². The van der Waals surface area contributed by atoms with Gasteiger partial charge in [-0.05, 0) is 61.8 Å². The van der Waals surface area contributed by atoms with Crippen LogP contribution in [0, 0.1) is 5.92 Å². The molecule has 2 aliphatic rings. The monoisotopic (exact) mass is 245 g/mol. The molecule has 1 aromatic rings. The van der Waals surface area contributed by atoms with E-state index in [1.54, 1.807) is 11.1 Å². The molecule has 0 spiro atoms. The van der Waals surface area contributed by atoms with Crippen LogP contribution in [0.15, 0.2) is 18.2 Å². The molecule has 1 fully saturated rings. The number of hydrogen-bond donors (Lipinski definition) is 1. The molecule has 0 heterocycles. The maximum Gasteiger partial charge on any atom is 0.0546 e. The van der Waals surface area contributed by atoms with E-state index in [9.17, 15) is 5.11 Å². The average molecular weight is 245 g/mol. The molecule has 0 saturated heterocycles. The van der Waals surface area contributed by atoms with Gasteiger partial charge < -0.3 is 10.0 Å². The highest BCUT2D eigenvalue weighted by Crippen LogP contribution is 2.28. The van der Waals surface area contributed by atoms with Gasteiger partial charge in [0.2, 0.25) is 0 Å². The summed E-state index contributed by atoms with van der Waals surface area (Å²) in [6.07, 6.45) is 5.83. The lowest BCUT2D eigenvalue weighted by Crippen LogP contribution is -2.36. The SMILES string of the molecule is CN(Cc1ccc2c(c1)CCC2)CC1CC(O)C1. The first kappa shape index (κ1) is 12.2. The summed E-state index contributed by atoms with van der Waals surface area (Å²) in [4.78, 5) is 2.40. The van der Waals surface area contributed by atoms with Crippen LogP contribution >= 0.6 is 0 Å². The Bertz CT molecular complexity index is 423. The predicted molar refractivity (Wildman–Crippen MR) is 73.5 cm³/mol. The Morgan fingerprint density at radius 1 is 1.22 bits per heavy atom. The first-order valence-electron chi connectivity index (χ1n) is 7.18. The number of aryl methyl sites for hydroxylation is 2. The van der Waals surface area contributed by atoms with Gasteiger partial charge in [-0.3, -0.25) is 0 Å². The molecule has 2 aliphatic carbocycles.